The molecule has 0 saturated heterocycles. The Hall–Kier alpha value is -2.28. The van der Waals surface area contributed by atoms with Crippen LogP contribution in [-0.4, -0.2) is 20.6 Å². The number of benzene rings is 2. The number of nitrogens with zero attached hydrogens (tertiary/aromatic N) is 3. The summed E-state index contributed by atoms with van der Waals surface area (Å²) in [6, 6.07) is 12.3. The maximum Gasteiger partial charge on any atom is 0.353 e. The van der Waals surface area contributed by atoms with Crippen molar-refractivity contribution in [1.29, 1.82) is 0 Å². The standard InChI is InChI=1S/C19H17Cl3N4O2/c1-11(2)28-16-8-7-14(9-15(16)21)23-18-24-17(22)25-19(27)26(18)10-12-3-5-13(20)6-4-12/h3-9,11H,10H2,1-2H3,(H,23,24,25,27). The highest BCUT2D eigenvalue weighted by molar-refractivity contribution is 6.32. The maximum absolute atomic E-state index is 12.4. The third-order valence-electron chi connectivity index (χ3n) is 3.68. The molecule has 28 heavy (non-hydrogen) atoms. The number of ether oxygens (including phenoxy) is 1. The Morgan fingerprint density at radius 2 is 1.79 bits per heavy atom. The molecule has 0 bridgehead atoms. The fourth-order valence-corrected chi connectivity index (χ4v) is 2.97. The van der Waals surface area contributed by atoms with E-state index in [0.29, 0.717) is 21.5 Å². The largest absolute Gasteiger partial charge is 0.489 e. The quantitative estimate of drug-likeness (QED) is 0.573. The van der Waals surface area contributed by atoms with Crippen LogP contribution in [0.3, 0.4) is 0 Å². The summed E-state index contributed by atoms with van der Waals surface area (Å²) in [4.78, 5) is 20.2. The van der Waals surface area contributed by atoms with Crippen molar-refractivity contribution in [3.8, 4) is 5.75 Å². The number of anilines is 2. The molecule has 0 aliphatic heterocycles. The first kappa shape index (κ1) is 20.5. The molecule has 0 saturated carbocycles. The molecule has 1 aromatic heterocycles. The summed E-state index contributed by atoms with van der Waals surface area (Å²) in [6.07, 6.45) is 0.00142. The van der Waals surface area contributed by atoms with E-state index in [1.54, 1.807) is 30.3 Å². The number of hydrogen-bond donors (Lipinski definition) is 1. The molecule has 2 aromatic carbocycles. The smallest absolute Gasteiger partial charge is 0.353 e. The third-order valence-corrected chi connectivity index (χ3v) is 4.39. The van der Waals surface area contributed by atoms with Gasteiger partial charge in [0, 0.05) is 10.7 Å². The van der Waals surface area contributed by atoms with E-state index in [4.69, 9.17) is 39.5 Å². The minimum absolute atomic E-state index is 0.00142. The van der Waals surface area contributed by atoms with Crippen molar-refractivity contribution < 1.29 is 4.74 Å². The molecule has 0 fully saturated rings. The zero-order valence-electron chi connectivity index (χ0n) is 15.1. The van der Waals surface area contributed by atoms with Crippen molar-refractivity contribution in [1.82, 2.24) is 14.5 Å². The number of halogens is 3. The number of aromatic nitrogens is 3. The molecule has 0 amide bonds. The van der Waals surface area contributed by atoms with Crippen molar-refractivity contribution >= 4 is 46.4 Å². The van der Waals surface area contributed by atoms with Gasteiger partial charge in [-0.25, -0.2) is 4.79 Å². The van der Waals surface area contributed by atoms with Gasteiger partial charge < -0.3 is 10.1 Å². The van der Waals surface area contributed by atoms with Gasteiger partial charge in [0.25, 0.3) is 0 Å². The van der Waals surface area contributed by atoms with E-state index < -0.39 is 5.69 Å². The minimum Gasteiger partial charge on any atom is -0.489 e. The Morgan fingerprint density at radius 1 is 1.07 bits per heavy atom. The van der Waals surface area contributed by atoms with E-state index >= 15 is 0 Å². The monoisotopic (exact) mass is 438 g/mol. The second kappa shape index (κ2) is 8.82. The Morgan fingerprint density at radius 3 is 2.43 bits per heavy atom. The molecule has 0 aliphatic carbocycles. The van der Waals surface area contributed by atoms with Gasteiger partial charge >= 0.3 is 5.69 Å². The SMILES string of the molecule is CC(C)Oc1ccc(Nc2nc(Cl)nc(=O)n2Cc2ccc(Cl)cc2)cc1Cl. The van der Waals surface area contributed by atoms with Gasteiger partial charge in [-0.1, -0.05) is 35.3 Å². The number of hydrogen-bond acceptors (Lipinski definition) is 5. The van der Waals surface area contributed by atoms with Crippen LogP contribution in [0.1, 0.15) is 19.4 Å². The third kappa shape index (κ3) is 5.16. The van der Waals surface area contributed by atoms with Crippen molar-refractivity contribution in [2.45, 2.75) is 26.5 Å². The molecule has 9 heteroatoms. The molecule has 6 nitrogen and oxygen atoms in total. The second-order valence-corrected chi connectivity index (χ2v) is 7.43. The van der Waals surface area contributed by atoms with Crippen molar-refractivity contribution in [3.05, 3.63) is 73.8 Å². The fraction of sp³-hybridized carbons (Fsp3) is 0.211. The van der Waals surface area contributed by atoms with E-state index in [-0.39, 0.29) is 23.9 Å². The van der Waals surface area contributed by atoms with Crippen LogP contribution in [0.2, 0.25) is 15.3 Å². The lowest BCUT2D eigenvalue weighted by molar-refractivity contribution is 0.242. The van der Waals surface area contributed by atoms with Crippen LogP contribution in [0.5, 0.6) is 5.75 Å². The van der Waals surface area contributed by atoms with Crippen molar-refractivity contribution in [2.24, 2.45) is 0 Å². The van der Waals surface area contributed by atoms with E-state index in [9.17, 15) is 4.79 Å². The lowest BCUT2D eigenvalue weighted by Gasteiger charge is -2.15. The summed E-state index contributed by atoms with van der Waals surface area (Å²) in [5.41, 5.74) is 0.961. The van der Waals surface area contributed by atoms with Crippen molar-refractivity contribution in [3.63, 3.8) is 0 Å². The van der Waals surface area contributed by atoms with Crippen LogP contribution in [0.15, 0.2) is 47.3 Å². The molecule has 0 aliphatic rings. The Labute approximate surface area is 177 Å². The van der Waals surface area contributed by atoms with Gasteiger partial charge in [-0.05, 0) is 61.3 Å². The summed E-state index contributed by atoms with van der Waals surface area (Å²) in [7, 11) is 0. The Kier molecular flexibility index (Phi) is 6.44. The van der Waals surface area contributed by atoms with Gasteiger partial charge in [0.2, 0.25) is 11.2 Å². The highest BCUT2D eigenvalue weighted by Crippen LogP contribution is 2.29. The van der Waals surface area contributed by atoms with Gasteiger partial charge in [-0.15, -0.1) is 0 Å². The molecule has 3 rings (SSSR count). The first-order valence-electron chi connectivity index (χ1n) is 8.44. The second-order valence-electron chi connectivity index (χ2n) is 6.25. The molecule has 3 aromatic rings. The van der Waals surface area contributed by atoms with Gasteiger partial charge in [0.15, 0.2) is 0 Å². The molecular weight excluding hydrogens is 423 g/mol. The lowest BCUT2D eigenvalue weighted by Crippen LogP contribution is -2.27. The average Bonchev–Trinajstić information content (AvgIpc) is 2.61. The van der Waals surface area contributed by atoms with Crippen LogP contribution in [0.4, 0.5) is 11.6 Å². The molecule has 146 valence electrons. The van der Waals surface area contributed by atoms with Crippen LogP contribution < -0.4 is 15.7 Å². The lowest BCUT2D eigenvalue weighted by atomic mass is 10.2. The highest BCUT2D eigenvalue weighted by atomic mass is 35.5. The predicted octanol–water partition coefficient (Wildman–Crippen LogP) is 5.18. The zero-order chi connectivity index (χ0) is 20.3. The van der Waals surface area contributed by atoms with Crippen LogP contribution >= 0.6 is 34.8 Å². The minimum atomic E-state index is -0.525. The summed E-state index contributed by atoms with van der Waals surface area (Å²) < 4.78 is 7.00. The zero-order valence-corrected chi connectivity index (χ0v) is 17.4. The molecule has 0 atom stereocenters. The first-order valence-corrected chi connectivity index (χ1v) is 9.57. The van der Waals surface area contributed by atoms with Crippen LogP contribution in [0, 0.1) is 0 Å². The Bertz CT molecular complexity index is 1040. The maximum atomic E-state index is 12.4. The topological polar surface area (TPSA) is 69.0 Å². The first-order chi connectivity index (χ1) is 13.3. The molecule has 0 radical (unpaired) electrons. The molecule has 1 heterocycles. The van der Waals surface area contributed by atoms with Gasteiger partial charge in [-0.3, -0.25) is 4.57 Å². The number of nitrogens with one attached hydrogen (secondary N) is 1. The highest BCUT2D eigenvalue weighted by Gasteiger charge is 2.12. The fourth-order valence-electron chi connectivity index (χ4n) is 2.47. The molecule has 0 unspecified atom stereocenters. The van der Waals surface area contributed by atoms with E-state index in [1.165, 1.54) is 4.57 Å². The predicted molar refractivity (Wildman–Crippen MR) is 112 cm³/mol. The van der Waals surface area contributed by atoms with E-state index in [0.717, 1.165) is 5.56 Å². The normalized spacial score (nSPS) is 10.9. The molecular formula is C19H17Cl3N4O2. The van der Waals surface area contributed by atoms with Crippen molar-refractivity contribution in [2.75, 3.05) is 5.32 Å². The summed E-state index contributed by atoms with van der Waals surface area (Å²) in [6.45, 7) is 4.08. The van der Waals surface area contributed by atoms with Crippen LogP contribution in [0.25, 0.3) is 0 Å². The average molecular weight is 440 g/mol. The number of rotatable bonds is 6. The summed E-state index contributed by atoms with van der Waals surface area (Å²) in [5, 5.41) is 3.97. The van der Waals surface area contributed by atoms with Gasteiger partial charge in [0.1, 0.15) is 5.75 Å². The molecule has 1 N–H and O–H groups in total. The molecule has 0 spiro atoms. The summed E-state index contributed by atoms with van der Waals surface area (Å²) in [5.74, 6) is 0.815. The Balaban J connectivity index is 1.92. The van der Waals surface area contributed by atoms with E-state index in [2.05, 4.69) is 15.3 Å². The van der Waals surface area contributed by atoms with Gasteiger partial charge in [-0.2, -0.15) is 9.97 Å². The van der Waals surface area contributed by atoms with Gasteiger partial charge in [0.05, 0.1) is 17.7 Å². The van der Waals surface area contributed by atoms with E-state index in [1.807, 2.05) is 26.0 Å². The van der Waals surface area contributed by atoms with Crippen LogP contribution in [-0.2, 0) is 6.54 Å². The summed E-state index contributed by atoms with van der Waals surface area (Å²) >= 11 is 18.1.